The number of aromatic nitrogens is 2. The number of esters is 1. The quantitative estimate of drug-likeness (QED) is 0.629. The van der Waals surface area contributed by atoms with Gasteiger partial charge in [0, 0.05) is 18.1 Å². The normalized spacial score (nSPS) is 14.3. The highest BCUT2D eigenvalue weighted by Gasteiger charge is 2.21. The van der Waals surface area contributed by atoms with Gasteiger partial charge in [-0.2, -0.15) is 0 Å². The van der Waals surface area contributed by atoms with Crippen molar-refractivity contribution in [3.8, 4) is 5.69 Å². The summed E-state index contributed by atoms with van der Waals surface area (Å²) >= 11 is 6.17. The van der Waals surface area contributed by atoms with E-state index in [2.05, 4.69) is 4.90 Å². The number of hydrogen-bond donors (Lipinski definition) is 0. The van der Waals surface area contributed by atoms with Gasteiger partial charge < -0.3 is 9.64 Å². The lowest BCUT2D eigenvalue weighted by atomic mass is 10.1. The highest BCUT2D eigenvalue weighted by molar-refractivity contribution is 6.30. The molecule has 1 saturated heterocycles. The van der Waals surface area contributed by atoms with Crippen LogP contribution in [0.3, 0.4) is 0 Å². The van der Waals surface area contributed by atoms with Crippen LogP contribution < -0.4 is 10.5 Å². The van der Waals surface area contributed by atoms with Gasteiger partial charge in [0.25, 0.3) is 5.56 Å². The average Bonchev–Trinajstić information content (AvgIpc) is 2.73. The summed E-state index contributed by atoms with van der Waals surface area (Å²) in [6, 6.07) is 12.0. The van der Waals surface area contributed by atoms with Crippen molar-refractivity contribution in [2.24, 2.45) is 0 Å². The molecule has 2 aromatic carbocycles. The summed E-state index contributed by atoms with van der Waals surface area (Å²) in [5.41, 5.74) is 1.33. The molecule has 0 amide bonds. The third-order valence-electron chi connectivity index (χ3n) is 4.98. The van der Waals surface area contributed by atoms with Gasteiger partial charge in [-0.05, 0) is 55.7 Å². The number of benzene rings is 2. The van der Waals surface area contributed by atoms with Crippen LogP contribution in [0, 0.1) is 0 Å². The van der Waals surface area contributed by atoms with E-state index >= 15 is 0 Å². The third kappa shape index (κ3) is 3.36. The predicted octanol–water partition coefficient (Wildman–Crippen LogP) is 3.82. The van der Waals surface area contributed by atoms with Crippen LogP contribution >= 0.6 is 11.6 Å². The van der Waals surface area contributed by atoms with Crippen LogP contribution in [0.15, 0.2) is 47.3 Å². The summed E-state index contributed by atoms with van der Waals surface area (Å²) in [5, 5.41) is 0.989. The summed E-state index contributed by atoms with van der Waals surface area (Å²) in [4.78, 5) is 32.2. The van der Waals surface area contributed by atoms with Crippen LogP contribution in [0.25, 0.3) is 16.6 Å². The third-order valence-corrected chi connectivity index (χ3v) is 5.21. The van der Waals surface area contributed by atoms with E-state index in [1.54, 1.807) is 34.9 Å². The number of carbonyl (C=O) groups is 1. The van der Waals surface area contributed by atoms with Crippen molar-refractivity contribution in [1.29, 1.82) is 0 Å². The SMILES string of the molecule is COC(=O)c1ccc2c(=O)n(-c3cccc(Cl)c3)c(N3CCCCC3)nc2c1. The maximum atomic E-state index is 13.4. The molecule has 7 heteroatoms. The molecule has 2 heterocycles. The number of methoxy groups -OCH3 is 1. The number of ether oxygens (including phenoxy) is 1. The van der Waals surface area contributed by atoms with Crippen LogP contribution in [0.5, 0.6) is 0 Å². The van der Waals surface area contributed by atoms with E-state index in [0.29, 0.717) is 33.1 Å². The van der Waals surface area contributed by atoms with Crippen LogP contribution in [0.4, 0.5) is 5.95 Å². The lowest BCUT2D eigenvalue weighted by Gasteiger charge is -2.30. The molecule has 28 heavy (non-hydrogen) atoms. The minimum atomic E-state index is -0.456. The smallest absolute Gasteiger partial charge is 0.337 e. The molecule has 1 aromatic heterocycles. The topological polar surface area (TPSA) is 64.4 Å². The Morgan fingerprint density at radius 3 is 2.61 bits per heavy atom. The van der Waals surface area contributed by atoms with Crippen molar-refractivity contribution < 1.29 is 9.53 Å². The zero-order chi connectivity index (χ0) is 19.7. The molecule has 1 aliphatic heterocycles. The second-order valence-corrected chi connectivity index (χ2v) is 7.24. The van der Waals surface area contributed by atoms with E-state index in [9.17, 15) is 9.59 Å². The van der Waals surface area contributed by atoms with Crippen LogP contribution in [-0.2, 0) is 4.74 Å². The van der Waals surface area contributed by atoms with Gasteiger partial charge in [-0.3, -0.25) is 4.79 Å². The van der Waals surface area contributed by atoms with Gasteiger partial charge in [0.15, 0.2) is 0 Å². The van der Waals surface area contributed by atoms with Gasteiger partial charge in [-0.25, -0.2) is 14.3 Å². The maximum Gasteiger partial charge on any atom is 0.337 e. The van der Waals surface area contributed by atoms with Crippen molar-refractivity contribution in [1.82, 2.24) is 9.55 Å². The number of hydrogen-bond acceptors (Lipinski definition) is 5. The molecule has 0 saturated carbocycles. The first-order valence-electron chi connectivity index (χ1n) is 9.24. The minimum absolute atomic E-state index is 0.191. The molecule has 0 atom stereocenters. The second kappa shape index (κ2) is 7.64. The van der Waals surface area contributed by atoms with E-state index in [1.807, 2.05) is 12.1 Å². The van der Waals surface area contributed by atoms with E-state index in [-0.39, 0.29) is 5.56 Å². The second-order valence-electron chi connectivity index (χ2n) is 6.80. The Bertz CT molecular complexity index is 1100. The highest BCUT2D eigenvalue weighted by atomic mass is 35.5. The van der Waals surface area contributed by atoms with Gasteiger partial charge in [-0.15, -0.1) is 0 Å². The first kappa shape index (κ1) is 18.5. The van der Waals surface area contributed by atoms with E-state index in [0.717, 1.165) is 32.4 Å². The Kier molecular flexibility index (Phi) is 5.05. The zero-order valence-electron chi connectivity index (χ0n) is 15.5. The summed E-state index contributed by atoms with van der Waals surface area (Å²) in [5.74, 6) is 0.115. The van der Waals surface area contributed by atoms with Gasteiger partial charge >= 0.3 is 5.97 Å². The Balaban J connectivity index is 1.98. The van der Waals surface area contributed by atoms with Gasteiger partial charge in [0.2, 0.25) is 5.95 Å². The van der Waals surface area contributed by atoms with E-state index in [4.69, 9.17) is 21.3 Å². The molecule has 0 bridgehead atoms. The van der Waals surface area contributed by atoms with Crippen LogP contribution in [-0.4, -0.2) is 35.7 Å². The minimum Gasteiger partial charge on any atom is -0.465 e. The molecule has 0 aliphatic carbocycles. The van der Waals surface area contributed by atoms with Crippen molar-refractivity contribution in [2.45, 2.75) is 19.3 Å². The van der Waals surface area contributed by atoms with E-state index < -0.39 is 5.97 Å². The van der Waals surface area contributed by atoms with Crippen LogP contribution in [0.1, 0.15) is 29.6 Å². The number of halogens is 1. The number of piperidine rings is 1. The predicted molar refractivity (Wildman–Crippen MR) is 110 cm³/mol. The lowest BCUT2D eigenvalue weighted by Crippen LogP contribution is -2.36. The van der Waals surface area contributed by atoms with Gasteiger partial charge in [0.1, 0.15) is 0 Å². The van der Waals surface area contributed by atoms with Crippen molar-refractivity contribution in [3.05, 3.63) is 63.4 Å². The number of anilines is 1. The molecule has 3 aromatic rings. The Labute approximate surface area is 167 Å². The molecule has 4 rings (SSSR count). The Morgan fingerprint density at radius 2 is 1.89 bits per heavy atom. The first-order valence-corrected chi connectivity index (χ1v) is 9.62. The molecule has 144 valence electrons. The summed E-state index contributed by atoms with van der Waals surface area (Å²) in [7, 11) is 1.33. The summed E-state index contributed by atoms with van der Waals surface area (Å²) in [6.45, 7) is 1.66. The standard InChI is InChI=1S/C21H20ClN3O3/c1-28-20(27)14-8-9-17-18(12-14)23-21(24-10-3-2-4-11-24)25(19(17)26)16-7-5-6-15(22)13-16/h5-9,12-13H,2-4,10-11H2,1H3. The van der Waals surface area contributed by atoms with Crippen molar-refractivity contribution in [3.63, 3.8) is 0 Å². The Hall–Kier alpha value is -2.86. The summed E-state index contributed by atoms with van der Waals surface area (Å²) < 4.78 is 6.40. The number of fused-ring (bicyclic) bond motifs is 1. The highest BCUT2D eigenvalue weighted by Crippen LogP contribution is 2.24. The van der Waals surface area contributed by atoms with E-state index in [1.165, 1.54) is 7.11 Å². The average molecular weight is 398 g/mol. The fourth-order valence-electron chi connectivity index (χ4n) is 3.57. The van der Waals surface area contributed by atoms with Crippen molar-refractivity contribution >= 4 is 34.4 Å². The largest absolute Gasteiger partial charge is 0.465 e. The van der Waals surface area contributed by atoms with Crippen molar-refractivity contribution in [2.75, 3.05) is 25.1 Å². The lowest BCUT2D eigenvalue weighted by molar-refractivity contribution is 0.0601. The first-order chi connectivity index (χ1) is 13.6. The number of carbonyl (C=O) groups excluding carboxylic acids is 1. The van der Waals surface area contributed by atoms with Gasteiger partial charge in [0.05, 0.1) is 29.3 Å². The molecule has 0 unspecified atom stereocenters. The molecule has 0 spiro atoms. The number of nitrogens with zero attached hydrogens (tertiary/aromatic N) is 3. The Morgan fingerprint density at radius 1 is 1.11 bits per heavy atom. The fourth-order valence-corrected chi connectivity index (χ4v) is 3.76. The van der Waals surface area contributed by atoms with Crippen LogP contribution in [0.2, 0.25) is 5.02 Å². The maximum absolute atomic E-state index is 13.4. The monoisotopic (exact) mass is 397 g/mol. The molecule has 0 radical (unpaired) electrons. The molecule has 0 N–H and O–H groups in total. The number of rotatable bonds is 3. The molecular weight excluding hydrogens is 378 g/mol. The summed E-state index contributed by atoms with van der Waals surface area (Å²) in [6.07, 6.45) is 3.26. The molecule has 1 aliphatic rings. The molecule has 1 fully saturated rings. The molecular formula is C21H20ClN3O3. The fraction of sp³-hybridized carbons (Fsp3) is 0.286. The molecule has 6 nitrogen and oxygen atoms in total. The van der Waals surface area contributed by atoms with Gasteiger partial charge in [-0.1, -0.05) is 17.7 Å². The zero-order valence-corrected chi connectivity index (χ0v) is 16.3.